The van der Waals surface area contributed by atoms with Crippen LogP contribution in [0.3, 0.4) is 0 Å². The average molecular weight is 350 g/mol. The lowest BCUT2D eigenvalue weighted by Crippen LogP contribution is -2.33. The van der Waals surface area contributed by atoms with Crippen molar-refractivity contribution in [3.63, 3.8) is 0 Å². The van der Waals surface area contributed by atoms with Gasteiger partial charge in [-0.05, 0) is 54.3 Å². The van der Waals surface area contributed by atoms with Crippen molar-refractivity contribution < 1.29 is 19.1 Å². The molecule has 0 aliphatic carbocycles. The minimum atomic E-state index is -0.451. The molecule has 4 rings (SSSR count). The fraction of sp³-hybridized carbons (Fsp3) is 0.250. The molecule has 0 fully saturated rings. The second kappa shape index (κ2) is 6.29. The maximum atomic E-state index is 12.7. The molecule has 0 bridgehead atoms. The van der Waals surface area contributed by atoms with Gasteiger partial charge in [0, 0.05) is 24.2 Å². The predicted molar refractivity (Wildman–Crippen MR) is 96.6 cm³/mol. The summed E-state index contributed by atoms with van der Waals surface area (Å²) in [5.41, 5.74) is 4.56. The van der Waals surface area contributed by atoms with Crippen LogP contribution in [0.1, 0.15) is 38.3 Å². The Morgan fingerprint density at radius 1 is 1.04 bits per heavy atom. The van der Waals surface area contributed by atoms with E-state index in [1.807, 2.05) is 17.0 Å². The second-order valence-electron chi connectivity index (χ2n) is 6.46. The van der Waals surface area contributed by atoms with E-state index in [4.69, 9.17) is 4.74 Å². The number of nitrogens with zero attached hydrogens (tertiary/aromatic N) is 1. The Hall–Kier alpha value is -3.15. The lowest BCUT2D eigenvalue weighted by atomic mass is 9.96. The van der Waals surface area contributed by atoms with Crippen LogP contribution in [0, 0.1) is 0 Å². The fourth-order valence-electron chi connectivity index (χ4n) is 3.63. The van der Waals surface area contributed by atoms with Gasteiger partial charge in [-0.25, -0.2) is 4.79 Å². The number of hydrogen-bond acceptors (Lipinski definition) is 4. The van der Waals surface area contributed by atoms with Gasteiger partial charge in [-0.15, -0.1) is 0 Å². The van der Waals surface area contributed by atoms with Gasteiger partial charge in [-0.2, -0.15) is 0 Å². The molecule has 6 nitrogen and oxygen atoms in total. The number of methoxy groups -OCH3 is 1. The number of hydrogen-bond donors (Lipinski definition) is 1. The highest BCUT2D eigenvalue weighted by Crippen LogP contribution is 2.37. The molecule has 0 spiro atoms. The lowest BCUT2D eigenvalue weighted by molar-refractivity contribution is -0.118. The zero-order valence-corrected chi connectivity index (χ0v) is 14.4. The van der Waals surface area contributed by atoms with E-state index in [1.165, 1.54) is 7.11 Å². The van der Waals surface area contributed by atoms with Crippen LogP contribution >= 0.6 is 0 Å². The third-order valence-electron chi connectivity index (χ3n) is 4.86. The Balaban J connectivity index is 1.60. The normalized spacial score (nSPS) is 14.8. The molecule has 6 heteroatoms. The van der Waals surface area contributed by atoms with Gasteiger partial charge in [0.15, 0.2) is 0 Å². The molecule has 0 saturated heterocycles. The van der Waals surface area contributed by atoms with E-state index in [2.05, 4.69) is 5.32 Å². The smallest absolute Gasteiger partial charge is 0.337 e. The van der Waals surface area contributed by atoms with Gasteiger partial charge in [0.1, 0.15) is 0 Å². The van der Waals surface area contributed by atoms with Crippen molar-refractivity contribution in [2.45, 2.75) is 19.3 Å². The summed E-state index contributed by atoms with van der Waals surface area (Å²) in [6.07, 6.45) is 1.92. The zero-order valence-electron chi connectivity index (χ0n) is 14.4. The molecule has 0 atom stereocenters. The van der Waals surface area contributed by atoms with Crippen molar-refractivity contribution >= 4 is 29.2 Å². The van der Waals surface area contributed by atoms with Gasteiger partial charge in [-0.1, -0.05) is 6.07 Å². The van der Waals surface area contributed by atoms with Crippen molar-refractivity contribution in [1.29, 1.82) is 0 Å². The third kappa shape index (κ3) is 2.73. The number of anilines is 2. The highest BCUT2D eigenvalue weighted by molar-refractivity contribution is 6.07. The summed E-state index contributed by atoms with van der Waals surface area (Å²) in [6.45, 7) is 0.688. The van der Waals surface area contributed by atoms with Gasteiger partial charge >= 0.3 is 5.97 Å². The van der Waals surface area contributed by atoms with Gasteiger partial charge < -0.3 is 15.0 Å². The molecule has 2 aromatic rings. The molecule has 0 saturated carbocycles. The van der Waals surface area contributed by atoms with Crippen LogP contribution in [0.15, 0.2) is 36.4 Å². The molecule has 0 unspecified atom stereocenters. The number of aryl methyl sites for hydroxylation is 1. The van der Waals surface area contributed by atoms with Crippen molar-refractivity contribution in [3.05, 3.63) is 58.7 Å². The first-order valence-electron chi connectivity index (χ1n) is 8.52. The molecular formula is C20H18N2O4. The Labute approximate surface area is 150 Å². The van der Waals surface area contributed by atoms with Crippen molar-refractivity contribution in [1.82, 2.24) is 0 Å². The number of amides is 2. The number of rotatable bonds is 3. The van der Waals surface area contributed by atoms with Crippen LogP contribution in [0.4, 0.5) is 11.4 Å². The maximum absolute atomic E-state index is 12.7. The standard InChI is InChI=1S/C20H18N2O4/c1-26-20(25)14-3-2-4-16(11-14)21-19(24)15-9-12-5-6-17(23)22-8-7-13(10-15)18(12)22/h2-4,9-11H,5-8H2,1H3,(H,21,24). The van der Waals surface area contributed by atoms with Crippen LogP contribution in [-0.4, -0.2) is 31.4 Å². The number of carbonyl (C=O) groups excluding carboxylic acids is 3. The molecule has 0 aromatic heterocycles. The number of esters is 1. The van der Waals surface area contributed by atoms with Crippen LogP contribution < -0.4 is 10.2 Å². The molecular weight excluding hydrogens is 332 g/mol. The van der Waals surface area contributed by atoms with Crippen LogP contribution in [-0.2, 0) is 22.4 Å². The van der Waals surface area contributed by atoms with E-state index in [9.17, 15) is 14.4 Å². The van der Waals surface area contributed by atoms with Gasteiger partial charge in [0.25, 0.3) is 5.91 Å². The van der Waals surface area contributed by atoms with E-state index >= 15 is 0 Å². The first-order chi connectivity index (χ1) is 12.6. The van der Waals surface area contributed by atoms with E-state index in [0.717, 1.165) is 23.2 Å². The Morgan fingerprint density at radius 2 is 1.81 bits per heavy atom. The number of carbonyl (C=O) groups is 3. The molecule has 132 valence electrons. The van der Waals surface area contributed by atoms with E-state index in [-0.39, 0.29) is 11.8 Å². The van der Waals surface area contributed by atoms with Crippen molar-refractivity contribution in [3.8, 4) is 0 Å². The minimum Gasteiger partial charge on any atom is -0.465 e. The minimum absolute atomic E-state index is 0.160. The van der Waals surface area contributed by atoms with Gasteiger partial charge in [0.05, 0.1) is 18.4 Å². The number of nitrogens with one attached hydrogen (secondary N) is 1. The molecule has 2 heterocycles. The number of ether oxygens (including phenoxy) is 1. The highest BCUT2D eigenvalue weighted by atomic mass is 16.5. The van der Waals surface area contributed by atoms with Crippen molar-refractivity contribution in [2.75, 3.05) is 23.9 Å². The van der Waals surface area contributed by atoms with E-state index in [0.29, 0.717) is 36.2 Å². The van der Waals surface area contributed by atoms with Crippen molar-refractivity contribution in [2.24, 2.45) is 0 Å². The topological polar surface area (TPSA) is 75.7 Å². The first-order valence-corrected chi connectivity index (χ1v) is 8.52. The average Bonchev–Trinajstić information content (AvgIpc) is 3.09. The Morgan fingerprint density at radius 3 is 2.58 bits per heavy atom. The first kappa shape index (κ1) is 16.3. The Bertz CT molecular complexity index is 935. The maximum Gasteiger partial charge on any atom is 0.337 e. The summed E-state index contributed by atoms with van der Waals surface area (Å²) in [7, 11) is 1.32. The molecule has 2 amide bonds. The molecule has 2 aliphatic heterocycles. The van der Waals surface area contributed by atoms with E-state index in [1.54, 1.807) is 24.3 Å². The molecule has 2 aliphatic rings. The summed E-state index contributed by atoms with van der Waals surface area (Å²) in [5, 5.41) is 2.83. The summed E-state index contributed by atoms with van der Waals surface area (Å²) < 4.78 is 4.70. The quantitative estimate of drug-likeness (QED) is 0.863. The molecule has 2 aromatic carbocycles. The van der Waals surface area contributed by atoms with E-state index < -0.39 is 5.97 Å². The van der Waals surface area contributed by atoms with Gasteiger partial charge in [0.2, 0.25) is 5.91 Å². The predicted octanol–water partition coefficient (Wildman–Crippen LogP) is 2.56. The van der Waals surface area contributed by atoms with Crippen LogP contribution in [0.5, 0.6) is 0 Å². The summed E-state index contributed by atoms with van der Waals surface area (Å²) in [5.74, 6) is -0.526. The number of benzene rings is 2. The zero-order chi connectivity index (χ0) is 18.3. The Kier molecular flexibility index (Phi) is 3.95. The monoisotopic (exact) mass is 350 g/mol. The van der Waals surface area contributed by atoms with Crippen LogP contribution in [0.2, 0.25) is 0 Å². The molecule has 1 N–H and O–H groups in total. The summed E-state index contributed by atoms with van der Waals surface area (Å²) in [6, 6.07) is 10.4. The largest absolute Gasteiger partial charge is 0.465 e. The van der Waals surface area contributed by atoms with Crippen LogP contribution in [0.25, 0.3) is 0 Å². The fourth-order valence-corrected chi connectivity index (χ4v) is 3.63. The highest BCUT2D eigenvalue weighted by Gasteiger charge is 2.32. The van der Waals surface area contributed by atoms with Gasteiger partial charge in [-0.3, -0.25) is 9.59 Å². The second-order valence-corrected chi connectivity index (χ2v) is 6.46. The molecule has 0 radical (unpaired) electrons. The molecule has 26 heavy (non-hydrogen) atoms. The summed E-state index contributed by atoms with van der Waals surface area (Å²) in [4.78, 5) is 38.1. The SMILES string of the molecule is COC(=O)c1cccc(NC(=O)c2cc3c4c(c2)CCN4C(=O)CC3)c1. The lowest BCUT2D eigenvalue weighted by Gasteiger charge is -2.25. The summed E-state index contributed by atoms with van der Waals surface area (Å²) >= 11 is 0. The third-order valence-corrected chi connectivity index (χ3v) is 4.86.